The average Bonchev–Trinajstić information content (AvgIpc) is 2.93. The smallest absolute Gasteiger partial charge is 0.0728 e. The van der Waals surface area contributed by atoms with Crippen LogP contribution in [0.4, 0.5) is 5.69 Å². The van der Waals surface area contributed by atoms with Crippen molar-refractivity contribution in [3.8, 4) is 0 Å². The SMILES string of the molecule is Cn1cc(C2CCNCC2)c2ccc(N3C=CCNC3)cc21. The van der Waals surface area contributed by atoms with Crippen LogP contribution in [0.25, 0.3) is 10.9 Å². The van der Waals surface area contributed by atoms with Gasteiger partial charge in [0.15, 0.2) is 0 Å². The molecule has 0 atom stereocenters. The van der Waals surface area contributed by atoms with Gasteiger partial charge in [0.2, 0.25) is 0 Å². The molecule has 4 rings (SSSR count). The van der Waals surface area contributed by atoms with Crippen LogP contribution in [0.15, 0.2) is 36.7 Å². The van der Waals surface area contributed by atoms with Crippen LogP contribution in [-0.2, 0) is 7.05 Å². The number of nitrogens with one attached hydrogen (secondary N) is 2. The highest BCUT2D eigenvalue weighted by Gasteiger charge is 2.20. The number of anilines is 1. The fraction of sp³-hybridized carbons (Fsp3) is 0.444. The zero-order chi connectivity index (χ0) is 14.9. The van der Waals surface area contributed by atoms with Crippen molar-refractivity contribution in [1.82, 2.24) is 15.2 Å². The number of nitrogens with zero attached hydrogens (tertiary/aromatic N) is 2. The standard InChI is InChI=1S/C18H24N4/c1-21-12-17(14-5-8-19-9-6-14)16-4-3-15(11-18(16)21)22-10-2-7-20-13-22/h2-4,10-12,14,19-20H,5-9,13H2,1H3. The Bertz CT molecular complexity index is 694. The molecule has 0 aliphatic carbocycles. The fourth-order valence-corrected chi connectivity index (χ4v) is 3.72. The first-order chi connectivity index (χ1) is 10.8. The summed E-state index contributed by atoms with van der Waals surface area (Å²) in [4.78, 5) is 2.26. The number of aromatic nitrogens is 1. The Kier molecular flexibility index (Phi) is 3.64. The quantitative estimate of drug-likeness (QED) is 0.893. The van der Waals surface area contributed by atoms with Crippen molar-refractivity contribution in [1.29, 1.82) is 0 Å². The van der Waals surface area contributed by atoms with Crippen LogP contribution >= 0.6 is 0 Å². The summed E-state index contributed by atoms with van der Waals surface area (Å²) < 4.78 is 2.29. The van der Waals surface area contributed by atoms with Gasteiger partial charge in [-0.1, -0.05) is 12.1 Å². The number of benzene rings is 1. The van der Waals surface area contributed by atoms with Gasteiger partial charge in [0.1, 0.15) is 0 Å². The number of rotatable bonds is 2. The molecule has 1 aromatic heterocycles. The summed E-state index contributed by atoms with van der Waals surface area (Å²) in [5.41, 5.74) is 4.12. The third-order valence-corrected chi connectivity index (χ3v) is 4.95. The van der Waals surface area contributed by atoms with Crippen LogP contribution in [0, 0.1) is 0 Å². The van der Waals surface area contributed by atoms with Gasteiger partial charge in [-0.3, -0.25) is 5.32 Å². The first kappa shape index (κ1) is 13.9. The van der Waals surface area contributed by atoms with Crippen molar-refractivity contribution < 1.29 is 0 Å². The number of piperidine rings is 1. The monoisotopic (exact) mass is 296 g/mol. The zero-order valence-electron chi connectivity index (χ0n) is 13.2. The molecule has 0 saturated carbocycles. The van der Waals surface area contributed by atoms with Crippen LogP contribution < -0.4 is 15.5 Å². The Balaban J connectivity index is 1.72. The molecule has 2 N–H and O–H groups in total. The summed E-state index contributed by atoms with van der Waals surface area (Å²) in [5.74, 6) is 0.701. The van der Waals surface area contributed by atoms with Gasteiger partial charge in [-0.15, -0.1) is 0 Å². The number of hydrogen-bond donors (Lipinski definition) is 2. The Morgan fingerprint density at radius 1 is 1.14 bits per heavy atom. The van der Waals surface area contributed by atoms with Gasteiger partial charge >= 0.3 is 0 Å². The van der Waals surface area contributed by atoms with E-state index < -0.39 is 0 Å². The maximum absolute atomic E-state index is 3.46. The third-order valence-electron chi connectivity index (χ3n) is 4.95. The molecule has 1 aromatic carbocycles. The predicted octanol–water partition coefficient (Wildman–Crippen LogP) is 2.53. The highest BCUT2D eigenvalue weighted by atomic mass is 15.2. The molecule has 0 unspecified atom stereocenters. The van der Waals surface area contributed by atoms with Crippen molar-refractivity contribution in [3.05, 3.63) is 42.2 Å². The lowest BCUT2D eigenvalue weighted by atomic mass is 9.90. The van der Waals surface area contributed by atoms with Gasteiger partial charge < -0.3 is 14.8 Å². The van der Waals surface area contributed by atoms with Crippen molar-refractivity contribution in [2.45, 2.75) is 18.8 Å². The topological polar surface area (TPSA) is 32.2 Å². The second-order valence-electron chi connectivity index (χ2n) is 6.39. The Hall–Kier alpha value is -1.78. The maximum Gasteiger partial charge on any atom is 0.0728 e. The third kappa shape index (κ3) is 2.42. The van der Waals surface area contributed by atoms with Gasteiger partial charge in [-0.25, -0.2) is 0 Å². The molecule has 2 aliphatic heterocycles. The van der Waals surface area contributed by atoms with E-state index in [4.69, 9.17) is 0 Å². The molecule has 0 spiro atoms. The minimum atomic E-state index is 0.701. The zero-order valence-corrected chi connectivity index (χ0v) is 13.2. The van der Waals surface area contributed by atoms with Gasteiger partial charge in [-0.05, 0) is 49.5 Å². The maximum atomic E-state index is 3.46. The van der Waals surface area contributed by atoms with Crippen LogP contribution in [0.5, 0.6) is 0 Å². The molecular weight excluding hydrogens is 272 g/mol. The molecule has 4 nitrogen and oxygen atoms in total. The molecule has 1 saturated heterocycles. The lowest BCUT2D eigenvalue weighted by molar-refractivity contribution is 0.462. The van der Waals surface area contributed by atoms with Crippen molar-refractivity contribution in [2.24, 2.45) is 7.05 Å². The van der Waals surface area contributed by atoms with Crippen molar-refractivity contribution in [2.75, 3.05) is 31.2 Å². The summed E-state index contributed by atoms with van der Waals surface area (Å²) in [6.07, 6.45) is 9.18. The van der Waals surface area contributed by atoms with Crippen LogP contribution in [0.1, 0.15) is 24.3 Å². The normalized spacial score (nSPS) is 20.0. The fourth-order valence-electron chi connectivity index (χ4n) is 3.72. The van der Waals surface area contributed by atoms with Crippen molar-refractivity contribution >= 4 is 16.6 Å². The van der Waals surface area contributed by atoms with Crippen LogP contribution in [0.3, 0.4) is 0 Å². The van der Waals surface area contributed by atoms with E-state index in [9.17, 15) is 0 Å². The number of hydrogen-bond acceptors (Lipinski definition) is 3. The number of aryl methyl sites for hydroxylation is 1. The van der Waals surface area contributed by atoms with E-state index in [0.29, 0.717) is 5.92 Å². The van der Waals surface area contributed by atoms with Crippen LogP contribution in [0.2, 0.25) is 0 Å². The molecule has 0 amide bonds. The van der Waals surface area contributed by atoms with Crippen LogP contribution in [-0.4, -0.2) is 30.9 Å². The van der Waals surface area contributed by atoms with Gasteiger partial charge in [0, 0.05) is 37.1 Å². The lowest BCUT2D eigenvalue weighted by Crippen LogP contribution is -2.34. The second kappa shape index (κ2) is 5.78. The highest BCUT2D eigenvalue weighted by Crippen LogP contribution is 2.34. The molecule has 2 aliphatic rings. The molecule has 2 aromatic rings. The van der Waals surface area contributed by atoms with E-state index in [1.54, 1.807) is 0 Å². The summed E-state index contributed by atoms with van der Waals surface area (Å²) in [7, 11) is 2.17. The lowest BCUT2D eigenvalue weighted by Gasteiger charge is -2.24. The molecule has 22 heavy (non-hydrogen) atoms. The predicted molar refractivity (Wildman–Crippen MR) is 92.3 cm³/mol. The van der Waals surface area contributed by atoms with E-state index in [1.165, 1.54) is 35.0 Å². The molecule has 3 heterocycles. The van der Waals surface area contributed by atoms with Gasteiger partial charge in [0.25, 0.3) is 0 Å². The Morgan fingerprint density at radius 3 is 2.77 bits per heavy atom. The van der Waals surface area contributed by atoms with E-state index in [-0.39, 0.29) is 0 Å². The summed E-state index contributed by atoms with van der Waals surface area (Å²) in [6, 6.07) is 6.88. The average molecular weight is 296 g/mol. The molecule has 116 valence electrons. The van der Waals surface area contributed by atoms with E-state index in [0.717, 1.165) is 26.3 Å². The minimum Gasteiger partial charge on any atom is -0.350 e. The Morgan fingerprint density at radius 2 is 2.00 bits per heavy atom. The first-order valence-corrected chi connectivity index (χ1v) is 8.26. The van der Waals surface area contributed by atoms with Gasteiger partial charge in [0.05, 0.1) is 12.2 Å². The summed E-state index contributed by atoms with van der Waals surface area (Å²) in [5, 5.41) is 8.26. The number of fused-ring (bicyclic) bond motifs is 1. The van der Waals surface area contributed by atoms with Gasteiger partial charge in [-0.2, -0.15) is 0 Å². The van der Waals surface area contributed by atoms with E-state index in [1.807, 2.05) is 0 Å². The molecule has 0 bridgehead atoms. The Labute approximate surface area is 131 Å². The summed E-state index contributed by atoms with van der Waals surface area (Å²) >= 11 is 0. The van der Waals surface area contributed by atoms with Crippen molar-refractivity contribution in [3.63, 3.8) is 0 Å². The first-order valence-electron chi connectivity index (χ1n) is 8.26. The molecular formula is C18H24N4. The molecule has 1 fully saturated rings. The van der Waals surface area contributed by atoms with E-state index in [2.05, 4.69) is 63.8 Å². The highest BCUT2D eigenvalue weighted by molar-refractivity contribution is 5.87. The largest absolute Gasteiger partial charge is 0.350 e. The van der Waals surface area contributed by atoms with E-state index >= 15 is 0 Å². The molecule has 0 radical (unpaired) electrons. The minimum absolute atomic E-state index is 0.701. The summed E-state index contributed by atoms with van der Waals surface area (Å²) in [6.45, 7) is 4.13. The molecule has 4 heteroatoms. The second-order valence-corrected chi connectivity index (χ2v) is 6.39.